The highest BCUT2D eigenvalue weighted by Gasteiger charge is 2.16. The number of nitrogens with zero attached hydrogens (tertiary/aromatic N) is 1. The molecule has 0 aromatic carbocycles. The Balaban J connectivity index is 2.04. The van der Waals surface area contributed by atoms with Crippen molar-refractivity contribution in [1.82, 2.24) is 10.3 Å². The van der Waals surface area contributed by atoms with Gasteiger partial charge in [-0.1, -0.05) is 13.8 Å². The lowest BCUT2D eigenvalue weighted by atomic mass is 10.1. The Bertz CT molecular complexity index is 319. The van der Waals surface area contributed by atoms with Gasteiger partial charge < -0.3 is 10.1 Å². The Hall–Kier alpha value is -1.09. The van der Waals surface area contributed by atoms with Crippen LogP contribution in [0.15, 0.2) is 18.5 Å². The van der Waals surface area contributed by atoms with Crippen LogP contribution in [0.5, 0.6) is 5.75 Å². The highest BCUT2D eigenvalue weighted by molar-refractivity contribution is 5.25. The van der Waals surface area contributed by atoms with Gasteiger partial charge in [0.2, 0.25) is 0 Å². The lowest BCUT2D eigenvalue weighted by Crippen LogP contribution is -2.19. The van der Waals surface area contributed by atoms with E-state index >= 15 is 0 Å². The molecule has 1 saturated heterocycles. The molecule has 1 aromatic heterocycles. The fourth-order valence-corrected chi connectivity index (χ4v) is 1.74. The van der Waals surface area contributed by atoms with Crippen LogP contribution in [-0.2, 0) is 0 Å². The molecule has 1 N–H and O–H groups in total. The fourth-order valence-electron chi connectivity index (χ4n) is 1.74. The molecule has 3 heteroatoms. The Kier molecular flexibility index (Phi) is 3.21. The standard InChI is InChI=1S/C12H18N2O/c1-9(2)10-5-12(8-14-6-10)15-11-3-4-13-7-11/h5-6,8-9,11,13H,3-4,7H2,1-2H3/t11-/m1/s1. The van der Waals surface area contributed by atoms with E-state index < -0.39 is 0 Å². The SMILES string of the molecule is CC(C)c1cncc(O[C@@H]2CCNC2)c1. The van der Waals surface area contributed by atoms with Gasteiger partial charge in [-0.05, 0) is 30.5 Å². The van der Waals surface area contributed by atoms with Crippen LogP contribution < -0.4 is 10.1 Å². The van der Waals surface area contributed by atoms with Gasteiger partial charge in [0.25, 0.3) is 0 Å². The number of pyridine rings is 1. The van der Waals surface area contributed by atoms with E-state index in [-0.39, 0.29) is 0 Å². The number of hydrogen-bond donors (Lipinski definition) is 1. The van der Waals surface area contributed by atoms with Crippen molar-refractivity contribution in [3.63, 3.8) is 0 Å². The lowest BCUT2D eigenvalue weighted by molar-refractivity contribution is 0.222. The maximum Gasteiger partial charge on any atom is 0.138 e. The number of nitrogens with one attached hydrogen (secondary N) is 1. The highest BCUT2D eigenvalue weighted by atomic mass is 16.5. The second-order valence-corrected chi connectivity index (χ2v) is 4.34. The number of rotatable bonds is 3. The minimum absolute atomic E-state index is 0.314. The van der Waals surface area contributed by atoms with Gasteiger partial charge in [-0.2, -0.15) is 0 Å². The van der Waals surface area contributed by atoms with Gasteiger partial charge in [0, 0.05) is 12.7 Å². The molecule has 1 aliphatic heterocycles. The van der Waals surface area contributed by atoms with Crippen LogP contribution in [0.25, 0.3) is 0 Å². The molecule has 1 atom stereocenters. The van der Waals surface area contributed by atoms with E-state index in [0.717, 1.165) is 25.3 Å². The molecule has 0 radical (unpaired) electrons. The summed E-state index contributed by atoms with van der Waals surface area (Å²) < 4.78 is 5.84. The number of aromatic nitrogens is 1. The third-order valence-electron chi connectivity index (χ3n) is 2.72. The normalized spacial score (nSPS) is 20.9. The van der Waals surface area contributed by atoms with Crippen molar-refractivity contribution in [3.05, 3.63) is 24.0 Å². The second kappa shape index (κ2) is 4.62. The van der Waals surface area contributed by atoms with Gasteiger partial charge in [0.15, 0.2) is 0 Å². The minimum Gasteiger partial charge on any atom is -0.487 e. The third kappa shape index (κ3) is 2.69. The number of ether oxygens (including phenoxy) is 1. The maximum absolute atomic E-state index is 5.84. The minimum atomic E-state index is 0.314. The summed E-state index contributed by atoms with van der Waals surface area (Å²) in [6, 6.07) is 2.09. The first kappa shape index (κ1) is 10.4. The summed E-state index contributed by atoms with van der Waals surface area (Å²) in [4.78, 5) is 4.20. The molecule has 2 rings (SSSR count). The zero-order valence-corrected chi connectivity index (χ0v) is 9.36. The molecule has 1 aromatic rings. The van der Waals surface area contributed by atoms with Crippen molar-refractivity contribution in [2.45, 2.75) is 32.3 Å². The molecule has 0 bridgehead atoms. The molecule has 1 aliphatic rings. The average Bonchev–Trinajstić information content (AvgIpc) is 2.71. The van der Waals surface area contributed by atoms with Crippen LogP contribution >= 0.6 is 0 Å². The molecular formula is C12H18N2O. The zero-order valence-electron chi connectivity index (χ0n) is 9.36. The summed E-state index contributed by atoms with van der Waals surface area (Å²) >= 11 is 0. The van der Waals surface area contributed by atoms with Gasteiger partial charge in [-0.15, -0.1) is 0 Å². The summed E-state index contributed by atoms with van der Waals surface area (Å²) in [5.74, 6) is 1.40. The van der Waals surface area contributed by atoms with Gasteiger partial charge in [-0.25, -0.2) is 0 Å². The molecule has 0 aliphatic carbocycles. The van der Waals surface area contributed by atoms with Crippen molar-refractivity contribution in [3.8, 4) is 5.75 Å². The Morgan fingerprint density at radius 1 is 1.47 bits per heavy atom. The second-order valence-electron chi connectivity index (χ2n) is 4.34. The van der Waals surface area contributed by atoms with Crippen molar-refractivity contribution in [2.75, 3.05) is 13.1 Å². The van der Waals surface area contributed by atoms with Gasteiger partial charge in [-0.3, -0.25) is 4.98 Å². The Morgan fingerprint density at radius 3 is 3.00 bits per heavy atom. The summed E-state index contributed by atoms with van der Waals surface area (Å²) in [5, 5.41) is 3.28. The van der Waals surface area contributed by atoms with Gasteiger partial charge >= 0.3 is 0 Å². The van der Waals surface area contributed by atoms with E-state index in [2.05, 4.69) is 30.2 Å². The molecular weight excluding hydrogens is 188 g/mol. The van der Waals surface area contributed by atoms with E-state index in [9.17, 15) is 0 Å². The summed E-state index contributed by atoms with van der Waals surface area (Å²) in [6.45, 7) is 6.34. The Morgan fingerprint density at radius 2 is 2.33 bits per heavy atom. The van der Waals surface area contributed by atoms with E-state index in [4.69, 9.17) is 4.74 Å². The molecule has 0 unspecified atom stereocenters. The molecule has 82 valence electrons. The Labute approximate surface area is 90.9 Å². The van der Waals surface area contributed by atoms with Crippen molar-refractivity contribution < 1.29 is 4.74 Å². The van der Waals surface area contributed by atoms with Gasteiger partial charge in [0.1, 0.15) is 11.9 Å². The van der Waals surface area contributed by atoms with Crippen LogP contribution in [0.4, 0.5) is 0 Å². The van der Waals surface area contributed by atoms with Crippen LogP contribution in [0.2, 0.25) is 0 Å². The first-order valence-electron chi connectivity index (χ1n) is 5.58. The summed E-state index contributed by atoms with van der Waals surface area (Å²) in [5.41, 5.74) is 1.23. The van der Waals surface area contributed by atoms with Gasteiger partial charge in [0.05, 0.1) is 6.20 Å². The first-order valence-corrected chi connectivity index (χ1v) is 5.58. The van der Waals surface area contributed by atoms with Crippen molar-refractivity contribution in [1.29, 1.82) is 0 Å². The molecule has 0 saturated carbocycles. The highest BCUT2D eigenvalue weighted by Crippen LogP contribution is 2.20. The smallest absolute Gasteiger partial charge is 0.138 e. The van der Waals surface area contributed by atoms with Crippen LogP contribution in [-0.4, -0.2) is 24.2 Å². The van der Waals surface area contributed by atoms with E-state index in [1.807, 2.05) is 6.20 Å². The van der Waals surface area contributed by atoms with E-state index in [1.54, 1.807) is 6.20 Å². The molecule has 3 nitrogen and oxygen atoms in total. The van der Waals surface area contributed by atoms with Crippen LogP contribution in [0.1, 0.15) is 31.7 Å². The zero-order chi connectivity index (χ0) is 10.7. The molecule has 2 heterocycles. The van der Waals surface area contributed by atoms with E-state index in [0.29, 0.717) is 12.0 Å². The van der Waals surface area contributed by atoms with Crippen LogP contribution in [0, 0.1) is 0 Å². The van der Waals surface area contributed by atoms with Crippen molar-refractivity contribution in [2.24, 2.45) is 0 Å². The summed E-state index contributed by atoms with van der Waals surface area (Å²) in [6.07, 6.45) is 5.11. The van der Waals surface area contributed by atoms with Crippen LogP contribution in [0.3, 0.4) is 0 Å². The topological polar surface area (TPSA) is 34.1 Å². The lowest BCUT2D eigenvalue weighted by Gasteiger charge is -2.13. The summed E-state index contributed by atoms with van der Waals surface area (Å²) in [7, 11) is 0. The first-order chi connectivity index (χ1) is 7.25. The average molecular weight is 206 g/mol. The predicted octanol–water partition coefficient (Wildman–Crippen LogP) is 1.95. The third-order valence-corrected chi connectivity index (χ3v) is 2.72. The largest absolute Gasteiger partial charge is 0.487 e. The number of hydrogen-bond acceptors (Lipinski definition) is 3. The maximum atomic E-state index is 5.84. The quantitative estimate of drug-likeness (QED) is 0.820. The van der Waals surface area contributed by atoms with E-state index in [1.165, 1.54) is 5.56 Å². The predicted molar refractivity (Wildman–Crippen MR) is 60.2 cm³/mol. The molecule has 1 fully saturated rings. The fraction of sp³-hybridized carbons (Fsp3) is 0.583. The molecule has 15 heavy (non-hydrogen) atoms. The monoisotopic (exact) mass is 206 g/mol. The molecule has 0 amide bonds. The molecule has 0 spiro atoms. The van der Waals surface area contributed by atoms with Crippen molar-refractivity contribution >= 4 is 0 Å².